The van der Waals surface area contributed by atoms with E-state index in [0.29, 0.717) is 40.3 Å². The van der Waals surface area contributed by atoms with Gasteiger partial charge in [0.1, 0.15) is 11.5 Å². The van der Waals surface area contributed by atoms with E-state index in [1.54, 1.807) is 67.8 Å². The number of anilines is 1. The molecule has 4 aromatic rings. The first kappa shape index (κ1) is 20.2. The van der Waals surface area contributed by atoms with E-state index in [1.807, 2.05) is 19.1 Å². The zero-order chi connectivity index (χ0) is 21.8. The van der Waals surface area contributed by atoms with E-state index in [1.165, 1.54) is 4.68 Å². The average molecular weight is 415 g/mol. The summed E-state index contributed by atoms with van der Waals surface area (Å²) in [6, 6.07) is 21.0. The number of carbonyl (C=O) groups is 1. The summed E-state index contributed by atoms with van der Waals surface area (Å²) >= 11 is 0. The van der Waals surface area contributed by atoms with Crippen LogP contribution in [0.25, 0.3) is 16.5 Å². The maximum absolute atomic E-state index is 13.2. The SMILES string of the molecule is CCOc1ccccc1NC(=O)c1nn(-c2ccc(OC)cc2)c(=O)c2ccccc12. The van der Waals surface area contributed by atoms with Crippen LogP contribution in [0.1, 0.15) is 17.4 Å². The van der Waals surface area contributed by atoms with Crippen LogP contribution in [-0.2, 0) is 0 Å². The molecule has 31 heavy (non-hydrogen) atoms. The lowest BCUT2D eigenvalue weighted by Crippen LogP contribution is -2.26. The quantitative estimate of drug-likeness (QED) is 0.514. The number of benzene rings is 3. The highest BCUT2D eigenvalue weighted by Gasteiger charge is 2.19. The van der Waals surface area contributed by atoms with Crippen molar-refractivity contribution in [3.8, 4) is 17.2 Å². The Balaban J connectivity index is 1.82. The highest BCUT2D eigenvalue weighted by molar-refractivity contribution is 6.11. The highest BCUT2D eigenvalue weighted by atomic mass is 16.5. The maximum atomic E-state index is 13.2. The minimum absolute atomic E-state index is 0.136. The fraction of sp³-hybridized carbons (Fsp3) is 0.125. The molecule has 0 aliphatic rings. The molecule has 1 aromatic heterocycles. The molecular formula is C24H21N3O4. The lowest BCUT2D eigenvalue weighted by atomic mass is 10.1. The van der Waals surface area contributed by atoms with Crippen molar-refractivity contribution in [1.29, 1.82) is 0 Å². The molecule has 0 fully saturated rings. The minimum atomic E-state index is -0.439. The Kier molecular flexibility index (Phi) is 5.66. The number of nitrogens with one attached hydrogen (secondary N) is 1. The van der Waals surface area contributed by atoms with Gasteiger partial charge in [0, 0.05) is 5.39 Å². The van der Waals surface area contributed by atoms with E-state index in [9.17, 15) is 9.59 Å². The van der Waals surface area contributed by atoms with Gasteiger partial charge in [0.2, 0.25) is 0 Å². The van der Waals surface area contributed by atoms with Gasteiger partial charge in [0.05, 0.1) is 30.5 Å². The predicted molar refractivity (Wildman–Crippen MR) is 119 cm³/mol. The van der Waals surface area contributed by atoms with Crippen molar-refractivity contribution in [2.45, 2.75) is 6.92 Å². The van der Waals surface area contributed by atoms with E-state index < -0.39 is 5.91 Å². The van der Waals surface area contributed by atoms with Gasteiger partial charge in [0.25, 0.3) is 11.5 Å². The Labute approximate surface area is 178 Å². The van der Waals surface area contributed by atoms with Crippen LogP contribution in [0.3, 0.4) is 0 Å². The monoisotopic (exact) mass is 415 g/mol. The van der Waals surface area contributed by atoms with Crippen LogP contribution in [0.2, 0.25) is 0 Å². The second kappa shape index (κ2) is 8.71. The van der Waals surface area contributed by atoms with Crippen molar-refractivity contribution in [3.63, 3.8) is 0 Å². The Bertz CT molecular complexity index is 1300. The van der Waals surface area contributed by atoms with Crippen molar-refractivity contribution in [2.24, 2.45) is 0 Å². The second-order valence-corrected chi connectivity index (χ2v) is 6.69. The molecule has 0 spiro atoms. The predicted octanol–water partition coefficient (Wildman–Crippen LogP) is 4.05. The van der Waals surface area contributed by atoms with Crippen LogP contribution in [-0.4, -0.2) is 29.4 Å². The minimum Gasteiger partial charge on any atom is -0.497 e. The van der Waals surface area contributed by atoms with Crippen LogP contribution in [0, 0.1) is 0 Å². The van der Waals surface area contributed by atoms with Crippen LogP contribution in [0.15, 0.2) is 77.6 Å². The number of carbonyl (C=O) groups excluding carboxylic acids is 1. The molecule has 0 atom stereocenters. The van der Waals surface area contributed by atoms with Gasteiger partial charge < -0.3 is 14.8 Å². The maximum Gasteiger partial charge on any atom is 0.279 e. The summed E-state index contributed by atoms with van der Waals surface area (Å²) in [6.45, 7) is 2.34. The molecule has 0 saturated heterocycles. The molecule has 0 bridgehead atoms. The largest absolute Gasteiger partial charge is 0.497 e. The summed E-state index contributed by atoms with van der Waals surface area (Å²) in [7, 11) is 1.57. The van der Waals surface area contributed by atoms with Gasteiger partial charge in [-0.1, -0.05) is 30.3 Å². The summed E-state index contributed by atoms with van der Waals surface area (Å²) in [5.41, 5.74) is 0.882. The summed E-state index contributed by atoms with van der Waals surface area (Å²) in [5.74, 6) is 0.778. The zero-order valence-corrected chi connectivity index (χ0v) is 17.2. The molecule has 156 valence electrons. The lowest BCUT2D eigenvalue weighted by molar-refractivity contribution is 0.102. The van der Waals surface area contributed by atoms with E-state index in [-0.39, 0.29) is 11.3 Å². The number of ether oxygens (including phenoxy) is 2. The average Bonchev–Trinajstić information content (AvgIpc) is 2.81. The van der Waals surface area contributed by atoms with Crippen molar-refractivity contribution in [3.05, 3.63) is 88.8 Å². The zero-order valence-electron chi connectivity index (χ0n) is 17.2. The summed E-state index contributed by atoms with van der Waals surface area (Å²) in [6.07, 6.45) is 0. The molecule has 0 saturated carbocycles. The van der Waals surface area contributed by atoms with Crippen molar-refractivity contribution >= 4 is 22.4 Å². The number of para-hydroxylation sites is 2. The van der Waals surface area contributed by atoms with Gasteiger partial charge in [-0.25, -0.2) is 0 Å². The molecule has 0 unspecified atom stereocenters. The second-order valence-electron chi connectivity index (χ2n) is 6.69. The molecule has 3 aromatic carbocycles. The van der Waals surface area contributed by atoms with Crippen molar-refractivity contribution in [2.75, 3.05) is 19.0 Å². The van der Waals surface area contributed by atoms with Gasteiger partial charge in [-0.05, 0) is 49.4 Å². The van der Waals surface area contributed by atoms with Gasteiger partial charge in [-0.2, -0.15) is 9.78 Å². The number of methoxy groups -OCH3 is 1. The molecule has 7 heteroatoms. The molecular weight excluding hydrogens is 394 g/mol. The molecule has 1 N–H and O–H groups in total. The molecule has 0 aliphatic carbocycles. The number of rotatable bonds is 6. The summed E-state index contributed by atoms with van der Waals surface area (Å²) < 4.78 is 12.0. The van der Waals surface area contributed by atoms with Gasteiger partial charge >= 0.3 is 0 Å². The van der Waals surface area contributed by atoms with Crippen molar-refractivity contribution < 1.29 is 14.3 Å². The third kappa shape index (κ3) is 3.98. The van der Waals surface area contributed by atoms with Gasteiger partial charge in [-0.15, -0.1) is 0 Å². The van der Waals surface area contributed by atoms with Crippen LogP contribution < -0.4 is 20.3 Å². The fourth-order valence-electron chi connectivity index (χ4n) is 3.29. The smallest absolute Gasteiger partial charge is 0.279 e. The lowest BCUT2D eigenvalue weighted by Gasteiger charge is -2.13. The first-order valence-corrected chi connectivity index (χ1v) is 9.82. The molecule has 0 radical (unpaired) electrons. The Morgan fingerprint density at radius 3 is 2.35 bits per heavy atom. The van der Waals surface area contributed by atoms with Gasteiger partial charge in [0.15, 0.2) is 5.69 Å². The van der Waals surface area contributed by atoms with Crippen LogP contribution >= 0.6 is 0 Å². The third-order valence-corrected chi connectivity index (χ3v) is 4.77. The standard InChI is InChI=1S/C24H21N3O4/c1-3-31-21-11-7-6-10-20(21)25-23(28)22-18-8-4-5-9-19(18)24(29)27(26-22)16-12-14-17(30-2)15-13-16/h4-15H,3H2,1-2H3,(H,25,28). The van der Waals surface area contributed by atoms with E-state index in [4.69, 9.17) is 9.47 Å². The number of fused-ring (bicyclic) bond motifs is 1. The number of amides is 1. The normalized spacial score (nSPS) is 10.6. The Morgan fingerprint density at radius 1 is 0.968 bits per heavy atom. The fourth-order valence-corrected chi connectivity index (χ4v) is 3.29. The van der Waals surface area contributed by atoms with Crippen molar-refractivity contribution in [1.82, 2.24) is 9.78 Å². The molecule has 1 amide bonds. The highest BCUT2D eigenvalue weighted by Crippen LogP contribution is 2.25. The van der Waals surface area contributed by atoms with E-state index in [2.05, 4.69) is 10.4 Å². The number of nitrogens with zero attached hydrogens (tertiary/aromatic N) is 2. The van der Waals surface area contributed by atoms with Gasteiger partial charge in [-0.3, -0.25) is 9.59 Å². The first-order chi connectivity index (χ1) is 15.1. The Hall–Kier alpha value is -4.13. The van der Waals surface area contributed by atoms with E-state index in [0.717, 1.165) is 0 Å². The molecule has 4 rings (SSSR count). The first-order valence-electron chi connectivity index (χ1n) is 9.82. The number of aromatic nitrogens is 2. The third-order valence-electron chi connectivity index (χ3n) is 4.77. The number of hydrogen-bond donors (Lipinski definition) is 1. The summed E-state index contributed by atoms with van der Waals surface area (Å²) in [4.78, 5) is 26.3. The number of hydrogen-bond acceptors (Lipinski definition) is 5. The van der Waals surface area contributed by atoms with Crippen LogP contribution in [0.4, 0.5) is 5.69 Å². The van der Waals surface area contributed by atoms with E-state index >= 15 is 0 Å². The summed E-state index contributed by atoms with van der Waals surface area (Å²) in [5, 5.41) is 8.14. The Morgan fingerprint density at radius 2 is 1.65 bits per heavy atom. The molecule has 1 heterocycles. The molecule has 7 nitrogen and oxygen atoms in total. The van der Waals surface area contributed by atoms with Crippen LogP contribution in [0.5, 0.6) is 11.5 Å². The topological polar surface area (TPSA) is 82.4 Å². The molecule has 0 aliphatic heterocycles.